The van der Waals surface area contributed by atoms with Crippen LogP contribution < -0.4 is 11.0 Å². The number of methoxy groups -OCH3 is 1. The summed E-state index contributed by atoms with van der Waals surface area (Å²) in [6.45, 7) is 7.08. The number of hydrogen-bond acceptors (Lipinski definition) is 3. The van der Waals surface area contributed by atoms with Crippen molar-refractivity contribution in [2.45, 2.75) is 39.4 Å². The first-order valence-electron chi connectivity index (χ1n) is 6.17. The maximum Gasteiger partial charge on any atom is 0.328 e. The standard InChI is InChI=1S/C12H23N3O2/c1-4-6-14-8-9-15(12(14)16)7-5-13-11(2)10-17-3/h8-9,11,13H,4-7,10H2,1-3H3. The average Bonchev–Trinajstić information content (AvgIpc) is 2.63. The fraction of sp³-hybridized carbons (Fsp3) is 0.750. The van der Waals surface area contributed by atoms with Crippen LogP contribution in [0.1, 0.15) is 20.3 Å². The van der Waals surface area contributed by atoms with Crippen molar-refractivity contribution < 1.29 is 4.74 Å². The van der Waals surface area contributed by atoms with Gasteiger partial charge in [0.2, 0.25) is 0 Å². The van der Waals surface area contributed by atoms with Gasteiger partial charge in [-0.05, 0) is 13.3 Å². The molecule has 0 radical (unpaired) electrons. The number of ether oxygens (including phenoxy) is 1. The van der Waals surface area contributed by atoms with Crippen molar-refractivity contribution in [3.63, 3.8) is 0 Å². The molecule has 1 heterocycles. The highest BCUT2D eigenvalue weighted by molar-refractivity contribution is 4.81. The van der Waals surface area contributed by atoms with Gasteiger partial charge in [-0.15, -0.1) is 0 Å². The molecule has 1 unspecified atom stereocenters. The Morgan fingerprint density at radius 3 is 2.59 bits per heavy atom. The van der Waals surface area contributed by atoms with Crippen LogP contribution in [0.15, 0.2) is 17.2 Å². The molecule has 98 valence electrons. The van der Waals surface area contributed by atoms with E-state index < -0.39 is 0 Å². The van der Waals surface area contributed by atoms with Crippen molar-refractivity contribution in [2.24, 2.45) is 0 Å². The number of aryl methyl sites for hydroxylation is 1. The highest BCUT2D eigenvalue weighted by atomic mass is 16.5. The summed E-state index contributed by atoms with van der Waals surface area (Å²) in [5, 5.41) is 3.31. The maximum atomic E-state index is 11.8. The molecular formula is C12H23N3O2. The first-order chi connectivity index (χ1) is 8.19. The van der Waals surface area contributed by atoms with Crippen LogP contribution in [0.3, 0.4) is 0 Å². The first-order valence-corrected chi connectivity index (χ1v) is 6.17. The van der Waals surface area contributed by atoms with Gasteiger partial charge in [-0.2, -0.15) is 0 Å². The topological polar surface area (TPSA) is 48.2 Å². The Bertz CT molecular complexity index is 370. The van der Waals surface area contributed by atoms with E-state index in [0.717, 1.165) is 19.5 Å². The van der Waals surface area contributed by atoms with Gasteiger partial charge in [0.25, 0.3) is 0 Å². The summed E-state index contributed by atoms with van der Waals surface area (Å²) < 4.78 is 8.52. The predicted molar refractivity (Wildman–Crippen MR) is 68.3 cm³/mol. The summed E-state index contributed by atoms with van der Waals surface area (Å²) in [5.41, 5.74) is 0.0769. The number of aromatic nitrogens is 2. The molecule has 0 fully saturated rings. The van der Waals surface area contributed by atoms with E-state index in [9.17, 15) is 4.79 Å². The Labute approximate surface area is 102 Å². The van der Waals surface area contributed by atoms with Gasteiger partial charge in [0.1, 0.15) is 0 Å². The minimum atomic E-state index is 0.0769. The minimum Gasteiger partial charge on any atom is -0.383 e. The monoisotopic (exact) mass is 241 g/mol. The average molecular weight is 241 g/mol. The van der Waals surface area contributed by atoms with Crippen LogP contribution in [0.4, 0.5) is 0 Å². The van der Waals surface area contributed by atoms with E-state index in [4.69, 9.17) is 4.74 Å². The molecule has 0 spiro atoms. The third-order valence-electron chi connectivity index (χ3n) is 2.64. The van der Waals surface area contributed by atoms with Crippen LogP contribution >= 0.6 is 0 Å². The van der Waals surface area contributed by atoms with E-state index in [1.54, 1.807) is 16.2 Å². The number of hydrogen-bond donors (Lipinski definition) is 1. The Morgan fingerprint density at radius 2 is 2.00 bits per heavy atom. The van der Waals surface area contributed by atoms with Crippen LogP contribution in [-0.4, -0.2) is 35.4 Å². The molecule has 0 amide bonds. The first kappa shape index (κ1) is 14.0. The molecule has 0 aliphatic rings. The molecule has 1 atom stereocenters. The van der Waals surface area contributed by atoms with Crippen molar-refractivity contribution in [2.75, 3.05) is 20.3 Å². The van der Waals surface area contributed by atoms with Gasteiger partial charge >= 0.3 is 5.69 Å². The van der Waals surface area contributed by atoms with Crippen molar-refractivity contribution >= 4 is 0 Å². The highest BCUT2D eigenvalue weighted by Crippen LogP contribution is 1.89. The van der Waals surface area contributed by atoms with Crippen LogP contribution in [-0.2, 0) is 17.8 Å². The van der Waals surface area contributed by atoms with E-state index in [1.807, 2.05) is 12.4 Å². The van der Waals surface area contributed by atoms with E-state index in [2.05, 4.69) is 19.2 Å². The summed E-state index contributed by atoms with van der Waals surface area (Å²) in [5.74, 6) is 0. The van der Waals surface area contributed by atoms with Crippen LogP contribution in [0, 0.1) is 0 Å². The van der Waals surface area contributed by atoms with Gasteiger partial charge in [-0.1, -0.05) is 6.92 Å². The van der Waals surface area contributed by atoms with Gasteiger partial charge < -0.3 is 10.1 Å². The summed E-state index contributed by atoms with van der Waals surface area (Å²) in [7, 11) is 1.69. The molecule has 0 aliphatic carbocycles. The normalized spacial score (nSPS) is 12.9. The molecule has 17 heavy (non-hydrogen) atoms. The molecule has 0 bridgehead atoms. The Hall–Kier alpha value is -1.07. The fourth-order valence-corrected chi connectivity index (χ4v) is 1.78. The second-order valence-electron chi connectivity index (χ2n) is 4.28. The molecule has 5 heteroatoms. The van der Waals surface area contributed by atoms with Crippen LogP contribution in [0.25, 0.3) is 0 Å². The smallest absolute Gasteiger partial charge is 0.328 e. The third-order valence-corrected chi connectivity index (χ3v) is 2.64. The largest absolute Gasteiger partial charge is 0.383 e. The molecule has 1 aromatic heterocycles. The molecule has 1 rings (SSSR count). The van der Waals surface area contributed by atoms with Gasteiger partial charge in [-0.25, -0.2) is 4.79 Å². The molecule has 1 aromatic rings. The zero-order chi connectivity index (χ0) is 12.7. The molecule has 0 aliphatic heterocycles. The van der Waals surface area contributed by atoms with E-state index in [-0.39, 0.29) is 5.69 Å². The Morgan fingerprint density at radius 1 is 1.35 bits per heavy atom. The number of nitrogens with one attached hydrogen (secondary N) is 1. The molecule has 1 N–H and O–H groups in total. The zero-order valence-corrected chi connectivity index (χ0v) is 11.0. The highest BCUT2D eigenvalue weighted by Gasteiger charge is 2.03. The Kier molecular flexibility index (Phi) is 6.00. The van der Waals surface area contributed by atoms with Gasteiger partial charge in [0, 0.05) is 45.2 Å². The summed E-state index contributed by atoms with van der Waals surface area (Å²) in [6.07, 6.45) is 4.68. The minimum absolute atomic E-state index is 0.0769. The van der Waals surface area contributed by atoms with Crippen molar-refractivity contribution in [3.8, 4) is 0 Å². The van der Waals surface area contributed by atoms with Crippen molar-refractivity contribution in [3.05, 3.63) is 22.9 Å². The van der Waals surface area contributed by atoms with Gasteiger partial charge in [0.15, 0.2) is 0 Å². The van der Waals surface area contributed by atoms with Crippen molar-refractivity contribution in [1.82, 2.24) is 14.5 Å². The van der Waals surface area contributed by atoms with Crippen LogP contribution in [0.5, 0.6) is 0 Å². The lowest BCUT2D eigenvalue weighted by molar-refractivity contribution is 0.172. The molecule has 5 nitrogen and oxygen atoms in total. The lowest BCUT2D eigenvalue weighted by Crippen LogP contribution is -2.35. The fourth-order valence-electron chi connectivity index (χ4n) is 1.78. The van der Waals surface area contributed by atoms with Gasteiger partial charge in [-0.3, -0.25) is 9.13 Å². The van der Waals surface area contributed by atoms with E-state index in [1.165, 1.54) is 0 Å². The van der Waals surface area contributed by atoms with Crippen molar-refractivity contribution in [1.29, 1.82) is 0 Å². The molecule has 0 aromatic carbocycles. The Balaban J connectivity index is 2.39. The maximum absolute atomic E-state index is 11.8. The number of rotatable bonds is 8. The second-order valence-corrected chi connectivity index (χ2v) is 4.28. The molecule has 0 saturated carbocycles. The van der Waals surface area contributed by atoms with Gasteiger partial charge in [0.05, 0.1) is 6.61 Å². The zero-order valence-electron chi connectivity index (χ0n) is 11.0. The molecular weight excluding hydrogens is 218 g/mol. The predicted octanol–water partition coefficient (Wildman–Crippen LogP) is 0.684. The van der Waals surface area contributed by atoms with E-state index >= 15 is 0 Å². The van der Waals surface area contributed by atoms with Crippen LogP contribution in [0.2, 0.25) is 0 Å². The quantitative estimate of drug-likeness (QED) is 0.728. The van der Waals surface area contributed by atoms with E-state index in [0.29, 0.717) is 19.2 Å². The SMILES string of the molecule is CCCn1ccn(CCNC(C)COC)c1=O. The second kappa shape index (κ2) is 7.29. The number of nitrogens with zero attached hydrogens (tertiary/aromatic N) is 2. The molecule has 0 saturated heterocycles. The third kappa shape index (κ3) is 4.36. The number of imidazole rings is 1. The lowest BCUT2D eigenvalue weighted by Gasteiger charge is -2.12. The summed E-state index contributed by atoms with van der Waals surface area (Å²) >= 11 is 0. The summed E-state index contributed by atoms with van der Waals surface area (Å²) in [6, 6.07) is 0.313. The lowest BCUT2D eigenvalue weighted by atomic mass is 10.3. The summed E-state index contributed by atoms with van der Waals surface area (Å²) in [4.78, 5) is 11.8.